The number of hydrogen-bond acceptors (Lipinski definition) is 11. The van der Waals surface area contributed by atoms with E-state index in [1.807, 2.05) is 24.3 Å². The summed E-state index contributed by atoms with van der Waals surface area (Å²) in [7, 11) is 3.36. The Morgan fingerprint density at radius 1 is 1.12 bits per heavy atom. The summed E-state index contributed by atoms with van der Waals surface area (Å²) in [6.45, 7) is 5.08. The first-order valence-corrected chi connectivity index (χ1v) is 17.9. The Bertz CT molecular complexity index is 1540. The zero-order chi connectivity index (χ0) is 35.6. The van der Waals surface area contributed by atoms with Crippen LogP contribution in [0.2, 0.25) is 0 Å². The fraction of sp³-hybridized carbons (Fsp3) is 0.676. The van der Waals surface area contributed by atoms with Crippen molar-refractivity contribution in [2.45, 2.75) is 120 Å². The van der Waals surface area contributed by atoms with Gasteiger partial charge in [-0.25, -0.2) is 0 Å². The lowest BCUT2D eigenvalue weighted by Gasteiger charge is -2.49. The number of ether oxygens (including phenoxy) is 4. The molecule has 1 aromatic carbocycles. The number of amides is 2. The summed E-state index contributed by atoms with van der Waals surface area (Å²) in [5, 5.41) is 14.8. The van der Waals surface area contributed by atoms with Crippen LogP contribution < -0.4 is 5.32 Å². The van der Waals surface area contributed by atoms with Crippen molar-refractivity contribution in [2.24, 2.45) is 17.3 Å². The van der Waals surface area contributed by atoms with Gasteiger partial charge in [0.05, 0.1) is 19.2 Å². The van der Waals surface area contributed by atoms with Crippen LogP contribution >= 0.6 is 0 Å². The Morgan fingerprint density at radius 2 is 1.82 bits per heavy atom. The topological polar surface area (TPSA) is 153 Å². The maximum atomic E-state index is 14.7. The minimum absolute atomic E-state index is 0.00615. The van der Waals surface area contributed by atoms with Gasteiger partial charge < -0.3 is 34.3 Å². The normalized spacial score (nSPS) is 32.0. The van der Waals surface area contributed by atoms with E-state index in [0.717, 1.165) is 36.8 Å². The van der Waals surface area contributed by atoms with Crippen molar-refractivity contribution in [3.05, 3.63) is 41.5 Å². The molecule has 0 radical (unpaired) electrons. The van der Waals surface area contributed by atoms with Crippen molar-refractivity contribution >= 4 is 29.8 Å². The molecule has 3 saturated heterocycles. The number of hydrogen-bond donors (Lipinski definition) is 2. The van der Waals surface area contributed by atoms with Gasteiger partial charge in [0, 0.05) is 44.8 Å². The molecule has 13 heteroatoms. The number of nitrogens with one attached hydrogen (secondary N) is 1. The molecule has 3 heterocycles. The number of likely N-dealkylation sites (N-methyl/N-ethyl adjacent to an activating group) is 1. The molecular weight excluding hydrogens is 646 g/mol. The van der Waals surface area contributed by atoms with Crippen LogP contribution in [0.1, 0.15) is 76.8 Å². The van der Waals surface area contributed by atoms with Gasteiger partial charge in [0.2, 0.25) is 11.8 Å². The molecular formula is C37H49N3O10. The number of rotatable bonds is 12. The molecule has 6 fully saturated rings. The molecule has 7 rings (SSSR count). The number of fused-ring (bicyclic) bond motifs is 4. The average molecular weight is 696 g/mol. The third-order valence-corrected chi connectivity index (χ3v) is 10.7. The largest absolute Gasteiger partial charge is 0.460 e. The lowest BCUT2D eigenvalue weighted by Crippen LogP contribution is -2.70. The van der Waals surface area contributed by atoms with Crippen LogP contribution in [0.15, 0.2) is 30.3 Å². The van der Waals surface area contributed by atoms with Crippen molar-refractivity contribution in [1.29, 1.82) is 0 Å². The van der Waals surface area contributed by atoms with E-state index < -0.39 is 77.8 Å². The standard InChI is InChI=1S/C37H49N3O10/c1-35(2,3)47-28(43)16-14-25(20-41)38-34(45)36-18-26-29-30(49-37(48-29,23-10-11-23)24-12-13-24)32(36)50-40(31(36)33(44)46-26)19-22-8-6-7-21(17-22)9-15-27(42)39(4)5/h6-9,15,17,23-26,29-32,41H,10-14,16,18-20H2,1-5H3,(H,38,45)/t25-,26+,29-,30-,31-,32+,36-/m0/s1. The van der Waals surface area contributed by atoms with E-state index in [9.17, 15) is 24.3 Å². The smallest absolute Gasteiger partial charge is 0.327 e. The number of nitrogens with zero attached hydrogens (tertiary/aromatic N) is 2. The Balaban J connectivity index is 1.18. The summed E-state index contributed by atoms with van der Waals surface area (Å²) in [6.07, 6.45) is 4.65. The molecule has 272 valence electrons. The van der Waals surface area contributed by atoms with Crippen LogP contribution in [0.3, 0.4) is 0 Å². The number of esters is 2. The first-order chi connectivity index (χ1) is 23.7. The summed E-state index contributed by atoms with van der Waals surface area (Å²) in [6, 6.07) is 5.65. The van der Waals surface area contributed by atoms with E-state index in [0.29, 0.717) is 0 Å². The maximum absolute atomic E-state index is 14.7. The van der Waals surface area contributed by atoms with Crippen molar-refractivity contribution in [1.82, 2.24) is 15.3 Å². The van der Waals surface area contributed by atoms with Crippen molar-refractivity contribution < 1.29 is 48.1 Å². The van der Waals surface area contributed by atoms with E-state index in [1.54, 1.807) is 40.9 Å². The Kier molecular flexibility index (Phi) is 9.12. The number of aliphatic hydroxyl groups excluding tert-OH is 1. The van der Waals surface area contributed by atoms with E-state index in [1.165, 1.54) is 16.0 Å². The second-order valence-corrected chi connectivity index (χ2v) is 15.9. The van der Waals surface area contributed by atoms with Gasteiger partial charge in [-0.05, 0) is 70.1 Å². The molecule has 0 unspecified atom stereocenters. The highest BCUT2D eigenvalue weighted by atomic mass is 16.8. The Hall–Kier alpha value is -3.36. The summed E-state index contributed by atoms with van der Waals surface area (Å²) in [5.41, 5.74) is -0.495. The summed E-state index contributed by atoms with van der Waals surface area (Å²) in [5.74, 6) is -1.92. The number of aliphatic hydroxyl groups is 1. The molecule has 50 heavy (non-hydrogen) atoms. The average Bonchev–Trinajstić information content (AvgIpc) is 4.00. The van der Waals surface area contributed by atoms with Crippen LogP contribution in [0, 0.1) is 17.3 Å². The molecule has 0 aromatic heterocycles. The molecule has 1 aromatic rings. The van der Waals surface area contributed by atoms with Crippen LogP contribution in [0.5, 0.6) is 0 Å². The van der Waals surface area contributed by atoms with Crippen molar-refractivity contribution in [3.8, 4) is 0 Å². The third-order valence-electron chi connectivity index (χ3n) is 10.7. The molecule has 3 aliphatic carbocycles. The SMILES string of the molecule is CN(C)C(=O)C=Cc1cccc(CN2O[C@@H]3[C@H]4OC(C5CC5)(C5CC5)O[C@H]4[C@H]4C[C@]3(C(=O)N[C@H](CO)CCC(=O)OC(C)(C)C)[C@@H]2C(=O)O4)c1. The van der Waals surface area contributed by atoms with E-state index in [4.69, 9.17) is 23.8 Å². The zero-order valence-electron chi connectivity index (χ0n) is 29.5. The fourth-order valence-corrected chi connectivity index (χ4v) is 8.17. The maximum Gasteiger partial charge on any atom is 0.327 e. The van der Waals surface area contributed by atoms with Gasteiger partial charge in [-0.2, -0.15) is 5.06 Å². The molecule has 3 aliphatic heterocycles. The molecule has 13 nitrogen and oxygen atoms in total. The quantitative estimate of drug-likeness (QED) is 0.245. The highest BCUT2D eigenvalue weighted by Gasteiger charge is 2.78. The zero-order valence-corrected chi connectivity index (χ0v) is 29.5. The Morgan fingerprint density at radius 3 is 2.46 bits per heavy atom. The lowest BCUT2D eigenvalue weighted by molar-refractivity contribution is -0.235. The third kappa shape index (κ3) is 6.47. The van der Waals surface area contributed by atoms with Gasteiger partial charge in [0.1, 0.15) is 35.4 Å². The first-order valence-electron chi connectivity index (χ1n) is 17.9. The second-order valence-electron chi connectivity index (χ2n) is 15.9. The van der Waals surface area contributed by atoms with Gasteiger partial charge in [-0.15, -0.1) is 0 Å². The van der Waals surface area contributed by atoms with E-state index in [-0.39, 0.29) is 43.6 Å². The predicted octanol–water partition coefficient (Wildman–Crippen LogP) is 2.49. The second kappa shape index (κ2) is 13.0. The van der Waals surface area contributed by atoms with Crippen molar-refractivity contribution in [3.63, 3.8) is 0 Å². The number of carbonyl (C=O) groups excluding carboxylic acids is 4. The fourth-order valence-electron chi connectivity index (χ4n) is 8.17. The van der Waals surface area contributed by atoms with Gasteiger partial charge in [0.25, 0.3) is 0 Å². The molecule has 6 aliphatic rings. The predicted molar refractivity (Wildman–Crippen MR) is 177 cm³/mol. The highest BCUT2D eigenvalue weighted by molar-refractivity contribution is 5.94. The van der Waals surface area contributed by atoms with Gasteiger partial charge in [-0.1, -0.05) is 24.3 Å². The monoisotopic (exact) mass is 695 g/mol. The van der Waals surface area contributed by atoms with Gasteiger partial charge >= 0.3 is 11.9 Å². The summed E-state index contributed by atoms with van der Waals surface area (Å²) < 4.78 is 25.2. The number of hydroxylamine groups is 2. The molecule has 0 spiro atoms. The Labute approximate surface area is 292 Å². The lowest BCUT2D eigenvalue weighted by atomic mass is 9.62. The van der Waals surface area contributed by atoms with Crippen LogP contribution in [0.4, 0.5) is 0 Å². The molecule has 2 amide bonds. The highest BCUT2D eigenvalue weighted by Crippen LogP contribution is 2.63. The minimum atomic E-state index is -1.41. The van der Waals surface area contributed by atoms with Crippen LogP contribution in [-0.2, 0) is 49.5 Å². The van der Waals surface area contributed by atoms with Gasteiger partial charge in [0.15, 0.2) is 11.8 Å². The molecule has 2 bridgehead atoms. The van der Waals surface area contributed by atoms with Crippen LogP contribution in [0.25, 0.3) is 6.08 Å². The number of carbonyl (C=O) groups is 4. The molecule has 2 N–H and O–H groups in total. The van der Waals surface area contributed by atoms with Crippen LogP contribution in [-0.4, -0.2) is 107 Å². The summed E-state index contributed by atoms with van der Waals surface area (Å²) in [4.78, 5) is 61.6. The minimum Gasteiger partial charge on any atom is -0.460 e. The first kappa shape index (κ1) is 35.1. The van der Waals surface area contributed by atoms with Crippen molar-refractivity contribution in [2.75, 3.05) is 20.7 Å². The van der Waals surface area contributed by atoms with Gasteiger partial charge in [-0.3, -0.25) is 24.0 Å². The van der Waals surface area contributed by atoms with E-state index in [2.05, 4.69) is 5.32 Å². The molecule has 7 atom stereocenters. The van der Waals surface area contributed by atoms with E-state index >= 15 is 0 Å². The molecule has 3 saturated carbocycles. The number of benzene rings is 1. The summed E-state index contributed by atoms with van der Waals surface area (Å²) >= 11 is 0.